The quantitative estimate of drug-likeness (QED) is 0.632. The van der Waals surface area contributed by atoms with Crippen LogP contribution in [0.1, 0.15) is 40.0 Å². The fraction of sp³-hybridized carbons (Fsp3) is 0.818. The summed E-state index contributed by atoms with van der Waals surface area (Å²) in [5.41, 5.74) is 0. The van der Waals surface area contributed by atoms with Crippen LogP contribution in [0.5, 0.6) is 0 Å². The smallest absolute Gasteiger partial charge is 0.325 e. The first kappa shape index (κ1) is 13.9. The van der Waals surface area contributed by atoms with Gasteiger partial charge in [0, 0.05) is 12.5 Å². The molecule has 0 rings (SSSR count). The van der Waals surface area contributed by atoms with Crippen molar-refractivity contribution in [2.24, 2.45) is 0 Å². The molecule has 0 aliphatic carbocycles. The van der Waals surface area contributed by atoms with Crippen molar-refractivity contribution < 1.29 is 14.3 Å². The second-order valence-corrected chi connectivity index (χ2v) is 3.80. The molecular formula is C11H21NO3. The lowest BCUT2D eigenvalue weighted by Gasteiger charge is -2.25. The van der Waals surface area contributed by atoms with E-state index in [-0.39, 0.29) is 24.5 Å². The fourth-order valence-corrected chi connectivity index (χ4v) is 1.23. The third kappa shape index (κ3) is 5.40. The molecule has 0 aromatic rings. The summed E-state index contributed by atoms with van der Waals surface area (Å²) in [6, 6.07) is 0.0356. The summed E-state index contributed by atoms with van der Waals surface area (Å²) in [5, 5.41) is 0. The van der Waals surface area contributed by atoms with Crippen LogP contribution in [-0.2, 0) is 14.3 Å². The number of nitrogens with zero attached hydrogens (tertiary/aromatic N) is 1. The summed E-state index contributed by atoms with van der Waals surface area (Å²) < 4.78 is 4.55. The van der Waals surface area contributed by atoms with Gasteiger partial charge in [0.2, 0.25) is 5.91 Å². The third-order valence-corrected chi connectivity index (χ3v) is 2.22. The van der Waals surface area contributed by atoms with Crippen LogP contribution in [0, 0.1) is 0 Å². The van der Waals surface area contributed by atoms with Crippen LogP contribution >= 0.6 is 0 Å². The summed E-state index contributed by atoms with van der Waals surface area (Å²) >= 11 is 0. The van der Waals surface area contributed by atoms with E-state index in [0.29, 0.717) is 6.42 Å². The maximum Gasteiger partial charge on any atom is 0.325 e. The van der Waals surface area contributed by atoms with Gasteiger partial charge in [0.1, 0.15) is 6.54 Å². The van der Waals surface area contributed by atoms with E-state index >= 15 is 0 Å². The zero-order valence-corrected chi connectivity index (χ0v) is 10.1. The Morgan fingerprint density at radius 1 is 1.33 bits per heavy atom. The van der Waals surface area contributed by atoms with Gasteiger partial charge in [0.05, 0.1) is 7.11 Å². The molecule has 0 saturated carbocycles. The number of methoxy groups -OCH3 is 1. The van der Waals surface area contributed by atoms with Gasteiger partial charge in [0.25, 0.3) is 0 Å². The van der Waals surface area contributed by atoms with Gasteiger partial charge < -0.3 is 9.64 Å². The van der Waals surface area contributed by atoms with Gasteiger partial charge in [0.15, 0.2) is 0 Å². The largest absolute Gasteiger partial charge is 0.468 e. The van der Waals surface area contributed by atoms with Gasteiger partial charge in [-0.3, -0.25) is 9.59 Å². The van der Waals surface area contributed by atoms with Crippen molar-refractivity contribution in [3.8, 4) is 0 Å². The first-order chi connectivity index (χ1) is 7.02. The number of hydrogen-bond acceptors (Lipinski definition) is 3. The Morgan fingerprint density at radius 3 is 2.33 bits per heavy atom. The van der Waals surface area contributed by atoms with Crippen LogP contribution in [0.25, 0.3) is 0 Å². The van der Waals surface area contributed by atoms with Crippen LogP contribution in [0.4, 0.5) is 0 Å². The Balaban J connectivity index is 4.25. The molecule has 0 bridgehead atoms. The van der Waals surface area contributed by atoms with E-state index in [4.69, 9.17) is 0 Å². The standard InChI is InChI=1S/C11H21NO3/c1-5-6-7-10(13)12(9(2)3)8-11(14)15-4/h9H,5-8H2,1-4H3. The van der Waals surface area contributed by atoms with E-state index in [0.717, 1.165) is 12.8 Å². The van der Waals surface area contributed by atoms with E-state index in [2.05, 4.69) is 4.74 Å². The summed E-state index contributed by atoms with van der Waals surface area (Å²) in [6.45, 7) is 5.88. The Hall–Kier alpha value is -1.06. The van der Waals surface area contributed by atoms with Crippen molar-refractivity contribution in [3.05, 3.63) is 0 Å². The minimum absolute atomic E-state index is 0.0252. The predicted octanol–water partition coefficient (Wildman–Crippen LogP) is 1.59. The van der Waals surface area contributed by atoms with Crippen molar-refractivity contribution in [3.63, 3.8) is 0 Å². The molecule has 0 radical (unpaired) electrons. The predicted molar refractivity (Wildman–Crippen MR) is 58.4 cm³/mol. The number of ether oxygens (including phenoxy) is 1. The lowest BCUT2D eigenvalue weighted by atomic mass is 10.2. The Bertz CT molecular complexity index is 214. The van der Waals surface area contributed by atoms with Crippen molar-refractivity contribution in [2.75, 3.05) is 13.7 Å². The minimum Gasteiger partial charge on any atom is -0.468 e. The highest BCUT2D eigenvalue weighted by Crippen LogP contribution is 2.05. The van der Waals surface area contributed by atoms with Crippen LogP contribution < -0.4 is 0 Å². The lowest BCUT2D eigenvalue weighted by Crippen LogP contribution is -2.40. The van der Waals surface area contributed by atoms with Gasteiger partial charge in [-0.15, -0.1) is 0 Å². The Kier molecular flexibility index (Phi) is 6.75. The molecule has 0 spiro atoms. The lowest BCUT2D eigenvalue weighted by molar-refractivity contribution is -0.148. The van der Waals surface area contributed by atoms with Crippen molar-refractivity contribution in [2.45, 2.75) is 46.1 Å². The molecule has 0 atom stereocenters. The number of hydrogen-bond donors (Lipinski definition) is 0. The highest BCUT2D eigenvalue weighted by atomic mass is 16.5. The topological polar surface area (TPSA) is 46.6 Å². The first-order valence-electron chi connectivity index (χ1n) is 5.39. The third-order valence-electron chi connectivity index (χ3n) is 2.22. The number of carbonyl (C=O) groups excluding carboxylic acids is 2. The van der Waals surface area contributed by atoms with Crippen LogP contribution in [0.2, 0.25) is 0 Å². The Morgan fingerprint density at radius 2 is 1.93 bits per heavy atom. The number of esters is 1. The summed E-state index contributed by atoms with van der Waals surface area (Å²) in [4.78, 5) is 24.4. The molecule has 0 aliphatic heterocycles. The second-order valence-electron chi connectivity index (χ2n) is 3.80. The maximum absolute atomic E-state index is 11.7. The van der Waals surface area contributed by atoms with Crippen molar-refractivity contribution in [1.29, 1.82) is 0 Å². The SMILES string of the molecule is CCCCC(=O)N(CC(=O)OC)C(C)C. The van der Waals surface area contributed by atoms with Crippen LogP contribution in [-0.4, -0.2) is 36.5 Å². The van der Waals surface area contributed by atoms with E-state index in [1.54, 1.807) is 4.90 Å². The Labute approximate surface area is 91.6 Å². The molecule has 0 aromatic heterocycles. The molecule has 88 valence electrons. The van der Waals surface area contributed by atoms with Gasteiger partial charge in [-0.1, -0.05) is 13.3 Å². The summed E-state index contributed by atoms with van der Waals surface area (Å²) in [5.74, 6) is -0.342. The fourth-order valence-electron chi connectivity index (χ4n) is 1.23. The molecule has 0 aromatic carbocycles. The number of carbonyl (C=O) groups is 2. The molecule has 0 saturated heterocycles. The minimum atomic E-state index is -0.367. The number of rotatable bonds is 6. The molecule has 15 heavy (non-hydrogen) atoms. The molecule has 4 nitrogen and oxygen atoms in total. The van der Waals surface area contributed by atoms with Crippen LogP contribution in [0.15, 0.2) is 0 Å². The van der Waals surface area contributed by atoms with E-state index in [1.807, 2.05) is 20.8 Å². The van der Waals surface area contributed by atoms with E-state index in [1.165, 1.54) is 7.11 Å². The molecule has 0 heterocycles. The number of amides is 1. The highest BCUT2D eigenvalue weighted by molar-refractivity contribution is 5.82. The second kappa shape index (κ2) is 7.26. The van der Waals surface area contributed by atoms with Crippen LogP contribution in [0.3, 0.4) is 0 Å². The van der Waals surface area contributed by atoms with Gasteiger partial charge >= 0.3 is 5.97 Å². The average molecular weight is 215 g/mol. The van der Waals surface area contributed by atoms with Gasteiger partial charge in [-0.05, 0) is 20.3 Å². The average Bonchev–Trinajstić information content (AvgIpc) is 2.21. The van der Waals surface area contributed by atoms with Gasteiger partial charge in [-0.2, -0.15) is 0 Å². The molecule has 0 fully saturated rings. The van der Waals surface area contributed by atoms with Gasteiger partial charge in [-0.25, -0.2) is 0 Å². The molecule has 0 N–H and O–H groups in total. The maximum atomic E-state index is 11.7. The first-order valence-corrected chi connectivity index (χ1v) is 5.39. The monoisotopic (exact) mass is 215 g/mol. The molecule has 4 heteroatoms. The van der Waals surface area contributed by atoms with E-state index < -0.39 is 0 Å². The highest BCUT2D eigenvalue weighted by Gasteiger charge is 2.19. The molecular weight excluding hydrogens is 194 g/mol. The molecule has 0 aliphatic rings. The normalized spacial score (nSPS) is 10.2. The van der Waals surface area contributed by atoms with Crippen molar-refractivity contribution in [1.82, 2.24) is 4.90 Å². The summed E-state index contributed by atoms with van der Waals surface area (Å²) in [7, 11) is 1.33. The zero-order chi connectivity index (χ0) is 11.8. The summed E-state index contributed by atoms with van der Waals surface area (Å²) in [6.07, 6.45) is 2.35. The van der Waals surface area contributed by atoms with Crippen molar-refractivity contribution >= 4 is 11.9 Å². The molecule has 0 unspecified atom stereocenters. The molecule has 1 amide bonds. The zero-order valence-electron chi connectivity index (χ0n) is 10.1. The number of unbranched alkanes of at least 4 members (excludes halogenated alkanes) is 1. The van der Waals surface area contributed by atoms with E-state index in [9.17, 15) is 9.59 Å².